The maximum absolute atomic E-state index is 12.0. The first-order valence-corrected chi connectivity index (χ1v) is 11.7. The van der Waals surface area contributed by atoms with Gasteiger partial charge in [-0.2, -0.15) is 0 Å². The van der Waals surface area contributed by atoms with E-state index in [1.807, 2.05) is 19.1 Å². The molecule has 0 aliphatic carbocycles. The van der Waals surface area contributed by atoms with Crippen LogP contribution in [0.25, 0.3) is 21.9 Å². The Labute approximate surface area is 198 Å². The van der Waals surface area contributed by atoms with Gasteiger partial charge in [-0.25, -0.2) is 4.98 Å². The number of aromatic hydroxyl groups is 1. The van der Waals surface area contributed by atoms with Gasteiger partial charge in [-0.3, -0.25) is 9.78 Å². The Kier molecular flexibility index (Phi) is 6.10. The molecule has 8 heteroatoms. The molecule has 0 saturated carbocycles. The van der Waals surface area contributed by atoms with E-state index in [4.69, 9.17) is 14.5 Å². The van der Waals surface area contributed by atoms with Gasteiger partial charge in [0.15, 0.2) is 0 Å². The number of hydrogen-bond donors (Lipinski definition) is 2. The number of aromatic nitrogens is 2. The minimum Gasteiger partial charge on any atom is -0.508 e. The number of carbonyl (C=O) groups excluding carboxylic acids is 1. The normalized spacial score (nSPS) is 18.0. The lowest BCUT2D eigenvalue weighted by Gasteiger charge is -2.39. The van der Waals surface area contributed by atoms with E-state index in [2.05, 4.69) is 11.1 Å². The number of nitrogens with zero attached hydrogens (tertiary/aromatic N) is 3. The summed E-state index contributed by atoms with van der Waals surface area (Å²) in [5.74, 6) is 0.500. The third-order valence-corrected chi connectivity index (χ3v) is 6.57. The van der Waals surface area contributed by atoms with Gasteiger partial charge in [0, 0.05) is 42.0 Å². The summed E-state index contributed by atoms with van der Waals surface area (Å²) in [5.41, 5.74) is 3.93. The summed E-state index contributed by atoms with van der Waals surface area (Å²) < 4.78 is 11.9. The van der Waals surface area contributed by atoms with E-state index in [1.54, 1.807) is 23.2 Å². The van der Waals surface area contributed by atoms with Crippen molar-refractivity contribution >= 4 is 16.7 Å². The van der Waals surface area contributed by atoms with Crippen molar-refractivity contribution in [2.24, 2.45) is 0 Å². The van der Waals surface area contributed by atoms with Crippen molar-refractivity contribution < 1.29 is 24.5 Å². The van der Waals surface area contributed by atoms with Crippen molar-refractivity contribution in [3.8, 4) is 22.8 Å². The second kappa shape index (κ2) is 9.19. The van der Waals surface area contributed by atoms with Crippen molar-refractivity contribution in [3.05, 3.63) is 47.9 Å². The van der Waals surface area contributed by atoms with Crippen molar-refractivity contribution in [1.29, 1.82) is 0 Å². The Morgan fingerprint density at radius 1 is 1.18 bits per heavy atom. The number of likely N-dealkylation sites (tertiary alicyclic amines) is 1. The Balaban J connectivity index is 1.60. The van der Waals surface area contributed by atoms with E-state index in [-0.39, 0.29) is 23.7 Å². The SMILES string of the molecule is Cc1cc(-c2c(C3CCOCC3)nc(OC3CN(C(=O)C(C)O)C3)c3cc(O)ccc23)ccn1. The van der Waals surface area contributed by atoms with Gasteiger partial charge in [-0.05, 0) is 68.0 Å². The molecule has 2 aliphatic heterocycles. The zero-order valence-corrected chi connectivity index (χ0v) is 19.4. The van der Waals surface area contributed by atoms with Gasteiger partial charge < -0.3 is 24.6 Å². The predicted molar refractivity (Wildman–Crippen MR) is 127 cm³/mol. The number of carbonyl (C=O) groups is 1. The lowest BCUT2D eigenvalue weighted by atomic mass is 9.87. The molecule has 2 N–H and O–H groups in total. The van der Waals surface area contributed by atoms with E-state index < -0.39 is 6.10 Å². The molecule has 1 amide bonds. The second-order valence-corrected chi connectivity index (χ2v) is 9.14. The van der Waals surface area contributed by atoms with Crippen molar-refractivity contribution in [2.75, 3.05) is 26.3 Å². The number of rotatable bonds is 5. The lowest BCUT2D eigenvalue weighted by molar-refractivity contribution is -0.148. The van der Waals surface area contributed by atoms with Crippen LogP contribution < -0.4 is 4.74 Å². The minimum atomic E-state index is -1.03. The topological polar surface area (TPSA) is 105 Å². The van der Waals surface area contributed by atoms with Gasteiger partial charge in [0.05, 0.1) is 18.8 Å². The first-order chi connectivity index (χ1) is 16.4. The molecule has 1 atom stereocenters. The Hall–Kier alpha value is -3.23. The summed E-state index contributed by atoms with van der Waals surface area (Å²) in [5, 5.41) is 21.5. The van der Waals surface area contributed by atoms with Gasteiger partial charge in [-0.15, -0.1) is 0 Å². The fourth-order valence-corrected chi connectivity index (χ4v) is 4.77. The fourth-order valence-electron chi connectivity index (χ4n) is 4.77. The van der Waals surface area contributed by atoms with Crippen molar-refractivity contribution in [1.82, 2.24) is 14.9 Å². The number of aliphatic hydroxyl groups excluding tert-OH is 1. The molecule has 1 unspecified atom stereocenters. The van der Waals surface area contributed by atoms with E-state index >= 15 is 0 Å². The standard InChI is InChI=1S/C26H29N3O5/c1-15-11-18(5-8-27-15)23-21-4-3-19(31)12-22(21)25(28-24(23)17-6-9-33-10-7-17)34-20-13-29(14-20)26(32)16(2)30/h3-5,8,11-12,16-17,20,30-31H,6-7,9-10,13-14H2,1-2H3. The Morgan fingerprint density at radius 3 is 2.65 bits per heavy atom. The first-order valence-electron chi connectivity index (χ1n) is 11.7. The van der Waals surface area contributed by atoms with Crippen LogP contribution in [0.2, 0.25) is 0 Å². The van der Waals surface area contributed by atoms with E-state index in [9.17, 15) is 15.0 Å². The highest BCUT2D eigenvalue weighted by Gasteiger charge is 2.35. The molecule has 4 heterocycles. The molecule has 2 fully saturated rings. The maximum Gasteiger partial charge on any atom is 0.251 e. The summed E-state index contributed by atoms with van der Waals surface area (Å²) in [6, 6.07) is 9.32. The molecule has 2 aromatic heterocycles. The molecule has 178 valence electrons. The minimum absolute atomic E-state index is 0.134. The summed E-state index contributed by atoms with van der Waals surface area (Å²) >= 11 is 0. The van der Waals surface area contributed by atoms with Crippen LogP contribution in [0, 0.1) is 6.92 Å². The molecule has 0 radical (unpaired) electrons. The van der Waals surface area contributed by atoms with E-state index in [0.717, 1.165) is 46.1 Å². The zero-order chi connectivity index (χ0) is 23.8. The highest BCUT2D eigenvalue weighted by molar-refractivity contribution is 6.01. The number of aliphatic hydroxyl groups is 1. The lowest BCUT2D eigenvalue weighted by Crippen LogP contribution is -2.58. The molecule has 1 aromatic carbocycles. The van der Waals surface area contributed by atoms with E-state index in [1.165, 1.54) is 6.92 Å². The number of ether oxygens (including phenoxy) is 2. The van der Waals surface area contributed by atoms with Crippen LogP contribution in [0.4, 0.5) is 0 Å². The third-order valence-electron chi connectivity index (χ3n) is 6.57. The number of benzene rings is 1. The van der Waals surface area contributed by atoms with E-state index in [0.29, 0.717) is 32.2 Å². The summed E-state index contributed by atoms with van der Waals surface area (Å²) in [6.07, 6.45) is 2.29. The van der Waals surface area contributed by atoms with Crippen LogP contribution in [0.1, 0.15) is 37.1 Å². The largest absolute Gasteiger partial charge is 0.508 e. The van der Waals surface area contributed by atoms with Gasteiger partial charge in [0.2, 0.25) is 5.88 Å². The molecule has 0 spiro atoms. The van der Waals surface area contributed by atoms with Crippen LogP contribution in [-0.2, 0) is 9.53 Å². The molecule has 8 nitrogen and oxygen atoms in total. The number of hydrogen-bond acceptors (Lipinski definition) is 7. The summed E-state index contributed by atoms with van der Waals surface area (Å²) in [6.45, 7) is 5.59. The average molecular weight is 464 g/mol. The fraction of sp³-hybridized carbons (Fsp3) is 0.423. The number of amides is 1. The highest BCUT2D eigenvalue weighted by Crippen LogP contribution is 2.42. The van der Waals surface area contributed by atoms with Gasteiger partial charge in [-0.1, -0.05) is 0 Å². The van der Waals surface area contributed by atoms with Crippen LogP contribution in [0.5, 0.6) is 11.6 Å². The predicted octanol–water partition coefficient (Wildman–Crippen LogP) is 3.18. The van der Waals surface area contributed by atoms with Crippen LogP contribution in [-0.4, -0.2) is 69.5 Å². The first kappa shape index (κ1) is 22.6. The number of phenolic OH excluding ortho intramolecular Hbond substituents is 1. The Bertz CT molecular complexity index is 1220. The molecule has 3 aromatic rings. The number of phenols is 1. The third kappa shape index (κ3) is 4.31. The molecule has 0 bridgehead atoms. The summed E-state index contributed by atoms with van der Waals surface area (Å²) in [7, 11) is 0. The molecule has 2 aliphatic rings. The molecule has 5 rings (SSSR count). The maximum atomic E-state index is 12.0. The van der Waals surface area contributed by atoms with Gasteiger partial charge in [0.25, 0.3) is 5.91 Å². The van der Waals surface area contributed by atoms with Crippen molar-refractivity contribution in [2.45, 2.75) is 44.8 Å². The smallest absolute Gasteiger partial charge is 0.251 e. The average Bonchev–Trinajstić information content (AvgIpc) is 2.80. The Morgan fingerprint density at radius 2 is 1.94 bits per heavy atom. The van der Waals surface area contributed by atoms with Gasteiger partial charge in [0.1, 0.15) is 18.0 Å². The van der Waals surface area contributed by atoms with Crippen LogP contribution in [0.15, 0.2) is 36.5 Å². The number of fused-ring (bicyclic) bond motifs is 1. The number of aryl methyl sites for hydroxylation is 1. The quantitative estimate of drug-likeness (QED) is 0.599. The van der Waals surface area contributed by atoms with Crippen molar-refractivity contribution in [3.63, 3.8) is 0 Å². The van der Waals surface area contributed by atoms with Crippen LogP contribution in [0.3, 0.4) is 0 Å². The monoisotopic (exact) mass is 463 g/mol. The molecular weight excluding hydrogens is 434 g/mol. The zero-order valence-electron chi connectivity index (χ0n) is 19.4. The second-order valence-electron chi connectivity index (χ2n) is 9.14. The van der Waals surface area contributed by atoms with Crippen LogP contribution >= 0.6 is 0 Å². The summed E-state index contributed by atoms with van der Waals surface area (Å²) in [4.78, 5) is 23.0. The molecular formula is C26H29N3O5. The van der Waals surface area contributed by atoms with Gasteiger partial charge >= 0.3 is 0 Å². The molecule has 34 heavy (non-hydrogen) atoms. The highest BCUT2D eigenvalue weighted by atomic mass is 16.5. The molecule has 2 saturated heterocycles. The number of pyridine rings is 2.